The van der Waals surface area contributed by atoms with Crippen LogP contribution in [0.15, 0.2) is 35.3 Å². The van der Waals surface area contributed by atoms with Crippen LogP contribution in [0.2, 0.25) is 0 Å². The van der Waals surface area contributed by atoms with Gasteiger partial charge in [-0.3, -0.25) is 9.36 Å². The van der Waals surface area contributed by atoms with Crippen molar-refractivity contribution in [1.29, 1.82) is 0 Å². The summed E-state index contributed by atoms with van der Waals surface area (Å²) in [4.78, 5) is 37.5. The molecule has 0 radical (unpaired) electrons. The highest BCUT2D eigenvalue weighted by Crippen LogP contribution is 2.12. The molecule has 20 heavy (non-hydrogen) atoms. The van der Waals surface area contributed by atoms with Gasteiger partial charge < -0.3 is 9.72 Å². The maximum Gasteiger partial charge on any atom is 0.379 e. The molecule has 1 heterocycles. The lowest BCUT2D eigenvalue weighted by Crippen LogP contribution is -2.19. The zero-order valence-corrected chi connectivity index (χ0v) is 11.2. The Bertz CT molecular complexity index is 712. The first-order valence-electron chi connectivity index (χ1n) is 6.13. The molecule has 0 bridgehead atoms. The molecular weight excluding hydrogens is 260 g/mol. The Labute approximate surface area is 115 Å². The molecule has 6 nitrogen and oxygen atoms in total. The van der Waals surface area contributed by atoms with Crippen LogP contribution in [0.1, 0.15) is 23.0 Å². The van der Waals surface area contributed by atoms with Crippen molar-refractivity contribution >= 4 is 11.8 Å². The summed E-state index contributed by atoms with van der Waals surface area (Å²) >= 11 is 0. The number of ketones is 1. The van der Waals surface area contributed by atoms with Gasteiger partial charge in [0.2, 0.25) is 0 Å². The van der Waals surface area contributed by atoms with Crippen LogP contribution in [0.3, 0.4) is 0 Å². The number of H-pyrrole nitrogens is 1. The Morgan fingerprint density at radius 3 is 2.70 bits per heavy atom. The number of aryl methyl sites for hydroxylation is 1. The molecule has 0 aliphatic heterocycles. The fraction of sp³-hybridized carbons (Fsp3) is 0.214. The summed E-state index contributed by atoms with van der Waals surface area (Å²) in [6.45, 7) is 3.53. The number of carbonyl (C=O) groups is 2. The molecule has 104 valence electrons. The fourth-order valence-corrected chi connectivity index (χ4v) is 1.88. The number of carbonyl (C=O) groups excluding carboxylic acids is 2. The molecule has 6 heteroatoms. The minimum Gasteiger partial charge on any atom is -0.460 e. The number of rotatable bonds is 4. The van der Waals surface area contributed by atoms with Crippen LogP contribution in [0.4, 0.5) is 0 Å². The SMILES string of the molecule is CCOC(=O)C(=O)c1cccc(-n2c(C)c[nH]c2=O)c1. The molecule has 0 aliphatic rings. The third-order valence-electron chi connectivity index (χ3n) is 2.79. The number of hydrogen-bond acceptors (Lipinski definition) is 4. The molecular formula is C14H14N2O4. The smallest absolute Gasteiger partial charge is 0.379 e. The van der Waals surface area contributed by atoms with E-state index in [4.69, 9.17) is 0 Å². The van der Waals surface area contributed by atoms with E-state index in [1.165, 1.54) is 16.7 Å². The molecule has 1 aromatic heterocycles. The molecule has 1 aromatic carbocycles. The van der Waals surface area contributed by atoms with Gasteiger partial charge in [0.25, 0.3) is 5.78 Å². The van der Waals surface area contributed by atoms with Gasteiger partial charge in [0.05, 0.1) is 12.3 Å². The number of nitrogens with zero attached hydrogens (tertiary/aromatic N) is 1. The van der Waals surface area contributed by atoms with Gasteiger partial charge in [0.1, 0.15) is 0 Å². The number of benzene rings is 1. The van der Waals surface area contributed by atoms with Crippen LogP contribution in [0, 0.1) is 6.92 Å². The number of Topliss-reactive ketones (excluding diaryl/α,β-unsaturated/α-hetero) is 1. The third kappa shape index (κ3) is 2.54. The van der Waals surface area contributed by atoms with Crippen molar-refractivity contribution in [3.05, 3.63) is 52.2 Å². The Kier molecular flexibility index (Phi) is 3.84. The summed E-state index contributed by atoms with van der Waals surface area (Å²) in [6.07, 6.45) is 1.57. The zero-order valence-electron chi connectivity index (χ0n) is 11.2. The number of imidazole rings is 1. The van der Waals surface area contributed by atoms with Crippen LogP contribution in [0.5, 0.6) is 0 Å². The van der Waals surface area contributed by atoms with Crippen molar-refractivity contribution in [2.24, 2.45) is 0 Å². The lowest BCUT2D eigenvalue weighted by Gasteiger charge is -2.06. The molecule has 0 amide bonds. The Balaban J connectivity index is 2.41. The van der Waals surface area contributed by atoms with E-state index in [-0.39, 0.29) is 17.9 Å². The second-order valence-corrected chi connectivity index (χ2v) is 4.17. The first kappa shape index (κ1) is 13.8. The summed E-state index contributed by atoms with van der Waals surface area (Å²) in [5.74, 6) is -1.63. The number of aromatic nitrogens is 2. The van der Waals surface area contributed by atoms with E-state index in [1.54, 1.807) is 32.2 Å². The highest BCUT2D eigenvalue weighted by atomic mass is 16.5. The monoisotopic (exact) mass is 274 g/mol. The van der Waals surface area contributed by atoms with Gasteiger partial charge in [-0.15, -0.1) is 0 Å². The van der Waals surface area contributed by atoms with E-state index < -0.39 is 11.8 Å². The standard InChI is InChI=1S/C14H14N2O4/c1-3-20-13(18)12(17)10-5-4-6-11(7-10)16-9(2)8-15-14(16)19/h4-8H,3H2,1-2H3,(H,15,19). The highest BCUT2D eigenvalue weighted by molar-refractivity contribution is 6.40. The average Bonchev–Trinajstić information content (AvgIpc) is 2.77. The number of esters is 1. The number of hydrogen-bond donors (Lipinski definition) is 1. The second-order valence-electron chi connectivity index (χ2n) is 4.17. The molecule has 0 aliphatic carbocycles. The second kappa shape index (κ2) is 5.56. The van der Waals surface area contributed by atoms with Gasteiger partial charge in [-0.25, -0.2) is 9.59 Å². The lowest BCUT2D eigenvalue weighted by molar-refractivity contribution is -0.137. The highest BCUT2D eigenvalue weighted by Gasteiger charge is 2.18. The molecule has 0 unspecified atom stereocenters. The quantitative estimate of drug-likeness (QED) is 0.516. The van der Waals surface area contributed by atoms with Crippen LogP contribution in [-0.4, -0.2) is 27.9 Å². The van der Waals surface area contributed by atoms with Crippen molar-refractivity contribution in [1.82, 2.24) is 9.55 Å². The van der Waals surface area contributed by atoms with Gasteiger partial charge in [-0.2, -0.15) is 0 Å². The maximum atomic E-state index is 11.9. The van der Waals surface area contributed by atoms with Gasteiger partial charge >= 0.3 is 11.7 Å². The first-order chi connectivity index (χ1) is 9.54. The molecule has 0 atom stereocenters. The van der Waals surface area contributed by atoms with Crippen molar-refractivity contribution in [3.8, 4) is 5.69 Å². The molecule has 0 saturated heterocycles. The summed E-state index contributed by atoms with van der Waals surface area (Å²) in [5, 5.41) is 0. The minimum atomic E-state index is -0.900. The molecule has 0 fully saturated rings. The zero-order chi connectivity index (χ0) is 14.7. The summed E-state index contributed by atoms with van der Waals surface area (Å²) < 4.78 is 6.09. The van der Waals surface area contributed by atoms with E-state index >= 15 is 0 Å². The lowest BCUT2D eigenvalue weighted by atomic mass is 10.1. The van der Waals surface area contributed by atoms with E-state index in [0.717, 1.165) is 0 Å². The summed E-state index contributed by atoms with van der Waals surface area (Å²) in [6, 6.07) is 6.29. The van der Waals surface area contributed by atoms with E-state index in [1.807, 2.05) is 0 Å². The third-order valence-corrected chi connectivity index (χ3v) is 2.79. The van der Waals surface area contributed by atoms with Crippen molar-refractivity contribution in [2.45, 2.75) is 13.8 Å². The number of aromatic amines is 1. The Hall–Kier alpha value is -2.63. The van der Waals surface area contributed by atoms with Crippen molar-refractivity contribution in [2.75, 3.05) is 6.61 Å². The predicted octanol–water partition coefficient (Wildman–Crippen LogP) is 1.22. The van der Waals surface area contributed by atoms with Crippen LogP contribution < -0.4 is 5.69 Å². The van der Waals surface area contributed by atoms with Crippen LogP contribution >= 0.6 is 0 Å². The summed E-state index contributed by atoms with van der Waals surface area (Å²) in [7, 11) is 0. The molecule has 0 spiro atoms. The van der Waals surface area contributed by atoms with Crippen molar-refractivity contribution in [3.63, 3.8) is 0 Å². The summed E-state index contributed by atoms with van der Waals surface area (Å²) in [5.41, 5.74) is 1.11. The average molecular weight is 274 g/mol. The number of ether oxygens (including phenoxy) is 1. The largest absolute Gasteiger partial charge is 0.460 e. The van der Waals surface area contributed by atoms with Gasteiger partial charge in [0.15, 0.2) is 0 Å². The maximum absolute atomic E-state index is 11.9. The van der Waals surface area contributed by atoms with Gasteiger partial charge in [-0.05, 0) is 26.0 Å². The molecule has 1 N–H and O–H groups in total. The fourth-order valence-electron chi connectivity index (χ4n) is 1.88. The predicted molar refractivity (Wildman–Crippen MR) is 72.1 cm³/mol. The normalized spacial score (nSPS) is 10.3. The van der Waals surface area contributed by atoms with E-state index in [2.05, 4.69) is 9.72 Å². The van der Waals surface area contributed by atoms with Crippen molar-refractivity contribution < 1.29 is 14.3 Å². The minimum absolute atomic E-state index is 0.140. The Morgan fingerprint density at radius 2 is 2.10 bits per heavy atom. The molecule has 0 saturated carbocycles. The molecule has 2 aromatic rings. The van der Waals surface area contributed by atoms with Gasteiger partial charge in [0, 0.05) is 17.5 Å². The van der Waals surface area contributed by atoms with E-state index in [9.17, 15) is 14.4 Å². The number of nitrogens with one attached hydrogen (secondary N) is 1. The topological polar surface area (TPSA) is 81.2 Å². The van der Waals surface area contributed by atoms with Crippen LogP contribution in [0.25, 0.3) is 5.69 Å². The first-order valence-corrected chi connectivity index (χ1v) is 6.13. The van der Waals surface area contributed by atoms with Gasteiger partial charge in [-0.1, -0.05) is 12.1 Å². The Morgan fingerprint density at radius 1 is 1.35 bits per heavy atom. The van der Waals surface area contributed by atoms with Crippen LogP contribution in [-0.2, 0) is 9.53 Å². The van der Waals surface area contributed by atoms with E-state index in [0.29, 0.717) is 11.4 Å². The molecule has 2 rings (SSSR count).